The fraction of sp³-hybridized carbons (Fsp3) is 0.280. The smallest absolute Gasteiger partial charge is 0.255 e. The van der Waals surface area contributed by atoms with Gasteiger partial charge in [-0.1, -0.05) is 12.1 Å². The third-order valence-electron chi connectivity index (χ3n) is 6.54. The van der Waals surface area contributed by atoms with Gasteiger partial charge in [0.2, 0.25) is 5.95 Å². The Morgan fingerprint density at radius 3 is 2.62 bits per heavy atom. The van der Waals surface area contributed by atoms with Crippen LogP contribution in [0.25, 0.3) is 0 Å². The van der Waals surface area contributed by atoms with Gasteiger partial charge in [0.05, 0.1) is 6.20 Å². The van der Waals surface area contributed by atoms with Gasteiger partial charge in [-0.2, -0.15) is 4.98 Å². The fourth-order valence-corrected chi connectivity index (χ4v) is 4.57. The molecule has 2 amide bonds. The second-order valence-corrected chi connectivity index (χ2v) is 8.81. The lowest BCUT2D eigenvalue weighted by Gasteiger charge is -2.43. The third kappa shape index (κ3) is 3.83. The van der Waals surface area contributed by atoms with E-state index in [4.69, 9.17) is 4.98 Å². The number of halogens is 1. The lowest BCUT2D eigenvalue weighted by atomic mass is 9.94. The fourth-order valence-electron chi connectivity index (χ4n) is 4.57. The van der Waals surface area contributed by atoms with Crippen LogP contribution in [0.15, 0.2) is 54.7 Å². The highest BCUT2D eigenvalue weighted by Gasteiger charge is 2.50. The van der Waals surface area contributed by atoms with Crippen molar-refractivity contribution < 1.29 is 14.0 Å². The van der Waals surface area contributed by atoms with E-state index in [0.717, 1.165) is 30.8 Å². The molecule has 2 N–H and O–H groups in total. The Morgan fingerprint density at radius 1 is 1.15 bits per heavy atom. The number of fused-ring (bicyclic) bond motifs is 3. The number of anilines is 4. The minimum atomic E-state index is -0.558. The van der Waals surface area contributed by atoms with Gasteiger partial charge in [0, 0.05) is 31.4 Å². The third-order valence-corrected chi connectivity index (χ3v) is 6.54. The Labute approximate surface area is 196 Å². The van der Waals surface area contributed by atoms with E-state index < -0.39 is 5.54 Å². The van der Waals surface area contributed by atoms with Crippen LogP contribution in [0.5, 0.6) is 0 Å². The summed E-state index contributed by atoms with van der Waals surface area (Å²) in [5.74, 6) is 0.704. The van der Waals surface area contributed by atoms with Crippen molar-refractivity contribution in [3.63, 3.8) is 0 Å². The Hall–Kier alpha value is -4.01. The van der Waals surface area contributed by atoms with E-state index in [1.54, 1.807) is 30.3 Å². The van der Waals surface area contributed by atoms with Crippen molar-refractivity contribution in [3.8, 4) is 0 Å². The molecule has 0 aliphatic carbocycles. The van der Waals surface area contributed by atoms with Crippen LogP contribution in [0, 0.1) is 5.82 Å². The predicted octanol–water partition coefficient (Wildman–Crippen LogP) is 3.82. The number of carbonyl (C=O) groups excluding carboxylic acids is 2. The normalized spacial score (nSPS) is 19.0. The first kappa shape index (κ1) is 21.8. The number of aromatic nitrogens is 2. The van der Waals surface area contributed by atoms with Crippen LogP contribution < -0.4 is 20.4 Å². The number of rotatable bonds is 5. The molecule has 34 heavy (non-hydrogen) atoms. The number of likely N-dealkylation sites (N-methyl/N-ethyl adjacent to an activating group) is 1. The van der Waals surface area contributed by atoms with Crippen molar-refractivity contribution in [2.24, 2.45) is 0 Å². The molecule has 2 aromatic carbocycles. The quantitative estimate of drug-likeness (QED) is 0.602. The average Bonchev–Trinajstić information content (AvgIpc) is 3.26. The van der Waals surface area contributed by atoms with Crippen LogP contribution in [0.2, 0.25) is 0 Å². The molecule has 1 fully saturated rings. The highest BCUT2D eigenvalue weighted by Crippen LogP contribution is 2.43. The standard InChI is InChI=1S/C25H25FN6O2/c1-25-12-3-13-32(25)21-20(31(2)23(25)34)15-28-24(30-21)27-14-16-4-6-17(7-5-16)22(33)29-19-10-8-18(26)9-11-19/h4-11,15H,3,12-14H2,1-2H3,(H,29,33)(H,27,28,30). The summed E-state index contributed by atoms with van der Waals surface area (Å²) >= 11 is 0. The highest BCUT2D eigenvalue weighted by molar-refractivity contribution is 6.07. The van der Waals surface area contributed by atoms with E-state index in [9.17, 15) is 14.0 Å². The number of hydrogen-bond acceptors (Lipinski definition) is 6. The van der Waals surface area contributed by atoms with E-state index in [0.29, 0.717) is 29.4 Å². The first-order chi connectivity index (χ1) is 16.3. The van der Waals surface area contributed by atoms with Crippen LogP contribution in [0.3, 0.4) is 0 Å². The number of nitrogens with one attached hydrogen (secondary N) is 2. The van der Waals surface area contributed by atoms with Crippen LogP contribution in [0.4, 0.5) is 27.5 Å². The Kier molecular flexibility index (Phi) is 5.39. The lowest BCUT2D eigenvalue weighted by molar-refractivity contribution is -0.123. The molecule has 0 spiro atoms. The van der Waals surface area contributed by atoms with Gasteiger partial charge in [0.1, 0.15) is 17.0 Å². The average molecular weight is 461 g/mol. The van der Waals surface area contributed by atoms with E-state index in [1.165, 1.54) is 24.3 Å². The summed E-state index contributed by atoms with van der Waals surface area (Å²) in [6.07, 6.45) is 3.44. The largest absolute Gasteiger partial charge is 0.350 e. The van der Waals surface area contributed by atoms with E-state index in [1.807, 2.05) is 19.1 Å². The molecular weight excluding hydrogens is 435 g/mol. The predicted molar refractivity (Wildman–Crippen MR) is 129 cm³/mol. The Morgan fingerprint density at radius 2 is 1.88 bits per heavy atom. The van der Waals surface area contributed by atoms with Gasteiger partial charge in [-0.15, -0.1) is 0 Å². The molecule has 5 rings (SSSR count). The van der Waals surface area contributed by atoms with Crippen LogP contribution in [-0.4, -0.2) is 40.9 Å². The van der Waals surface area contributed by atoms with E-state index in [-0.39, 0.29) is 17.6 Å². The molecule has 0 bridgehead atoms. The maximum Gasteiger partial charge on any atom is 0.255 e. The minimum absolute atomic E-state index is 0.0744. The molecule has 1 saturated heterocycles. The first-order valence-corrected chi connectivity index (χ1v) is 11.2. The number of benzene rings is 2. The summed E-state index contributed by atoms with van der Waals surface area (Å²) in [6, 6.07) is 12.8. The van der Waals surface area contributed by atoms with Gasteiger partial charge in [-0.25, -0.2) is 9.37 Å². The van der Waals surface area contributed by atoms with Crippen molar-refractivity contribution in [1.82, 2.24) is 9.97 Å². The van der Waals surface area contributed by atoms with Crippen LogP contribution >= 0.6 is 0 Å². The SMILES string of the molecule is CN1C(=O)C2(C)CCCN2c2nc(NCc3ccc(C(=O)Nc4ccc(F)cc4)cc3)ncc21. The summed E-state index contributed by atoms with van der Waals surface area (Å²) in [4.78, 5) is 38.1. The Bertz CT molecular complexity index is 1250. The van der Waals surface area contributed by atoms with Gasteiger partial charge in [0.15, 0.2) is 5.82 Å². The second-order valence-electron chi connectivity index (χ2n) is 8.81. The van der Waals surface area contributed by atoms with Crippen molar-refractivity contribution in [3.05, 3.63) is 71.7 Å². The van der Waals surface area contributed by atoms with Crippen molar-refractivity contribution in [2.45, 2.75) is 31.8 Å². The van der Waals surface area contributed by atoms with E-state index in [2.05, 4.69) is 20.5 Å². The molecule has 174 valence electrons. The molecule has 1 unspecified atom stereocenters. The molecule has 1 atom stereocenters. The minimum Gasteiger partial charge on any atom is -0.350 e. The lowest BCUT2D eigenvalue weighted by Crippen LogP contribution is -2.58. The zero-order valence-electron chi connectivity index (χ0n) is 19.0. The highest BCUT2D eigenvalue weighted by atomic mass is 19.1. The van der Waals surface area contributed by atoms with Crippen molar-refractivity contribution in [2.75, 3.05) is 34.0 Å². The summed E-state index contributed by atoms with van der Waals surface area (Å²) in [5, 5.41) is 5.98. The van der Waals surface area contributed by atoms with Crippen LogP contribution in [-0.2, 0) is 11.3 Å². The molecule has 9 heteroatoms. The van der Waals surface area contributed by atoms with Gasteiger partial charge in [-0.05, 0) is 61.7 Å². The summed E-state index contributed by atoms with van der Waals surface area (Å²) in [7, 11) is 1.77. The summed E-state index contributed by atoms with van der Waals surface area (Å²) < 4.78 is 13.0. The summed E-state index contributed by atoms with van der Waals surface area (Å²) in [5.41, 5.74) is 2.14. The van der Waals surface area contributed by atoms with Gasteiger partial charge in [-0.3, -0.25) is 9.59 Å². The molecular formula is C25H25FN6O2. The monoisotopic (exact) mass is 460 g/mol. The zero-order valence-corrected chi connectivity index (χ0v) is 19.0. The second kappa shape index (κ2) is 8.40. The van der Waals surface area contributed by atoms with Crippen molar-refractivity contribution >= 4 is 35.0 Å². The molecule has 1 aromatic heterocycles. The van der Waals surface area contributed by atoms with Crippen molar-refractivity contribution in [1.29, 1.82) is 0 Å². The zero-order chi connectivity index (χ0) is 23.9. The molecule has 8 nitrogen and oxygen atoms in total. The maximum atomic E-state index is 13.0. The first-order valence-electron chi connectivity index (χ1n) is 11.2. The van der Waals surface area contributed by atoms with Gasteiger partial charge >= 0.3 is 0 Å². The van der Waals surface area contributed by atoms with Gasteiger partial charge < -0.3 is 20.4 Å². The molecule has 2 aliphatic rings. The summed E-state index contributed by atoms with van der Waals surface area (Å²) in [6.45, 7) is 3.25. The topological polar surface area (TPSA) is 90.5 Å². The molecule has 0 radical (unpaired) electrons. The molecule has 3 aromatic rings. The maximum absolute atomic E-state index is 13.0. The number of hydrogen-bond donors (Lipinski definition) is 2. The number of carbonyl (C=O) groups is 2. The van der Waals surface area contributed by atoms with Gasteiger partial charge in [0.25, 0.3) is 11.8 Å². The van der Waals surface area contributed by atoms with E-state index >= 15 is 0 Å². The molecule has 2 aliphatic heterocycles. The Balaban J connectivity index is 1.26. The number of amides is 2. The molecule has 3 heterocycles. The van der Waals surface area contributed by atoms with Crippen LogP contribution in [0.1, 0.15) is 35.7 Å². The molecule has 0 saturated carbocycles. The number of nitrogens with zero attached hydrogens (tertiary/aromatic N) is 4.